The summed E-state index contributed by atoms with van der Waals surface area (Å²) in [6.45, 7) is 0.218. The summed E-state index contributed by atoms with van der Waals surface area (Å²) in [4.78, 5) is 38.2. The number of likely N-dealkylation sites (tertiary alicyclic amines) is 1. The van der Waals surface area contributed by atoms with E-state index in [1.165, 1.54) is 31.3 Å². The van der Waals surface area contributed by atoms with E-state index in [1.54, 1.807) is 18.2 Å². The summed E-state index contributed by atoms with van der Waals surface area (Å²) in [5.41, 5.74) is 0.407. The topological polar surface area (TPSA) is 84.9 Å². The van der Waals surface area contributed by atoms with E-state index in [1.807, 2.05) is 0 Å². The molecule has 1 fully saturated rings. The van der Waals surface area contributed by atoms with Gasteiger partial charge in [-0.05, 0) is 35.4 Å². The number of hydrogen-bond acceptors (Lipinski definition) is 5. The van der Waals surface area contributed by atoms with Crippen molar-refractivity contribution in [1.82, 2.24) is 10.2 Å². The summed E-state index contributed by atoms with van der Waals surface area (Å²) in [7, 11) is 2.67. The molecule has 0 saturated carbocycles. The second-order valence-electron chi connectivity index (χ2n) is 7.62. The van der Waals surface area contributed by atoms with Gasteiger partial charge >= 0.3 is 12.1 Å². The van der Waals surface area contributed by atoms with Crippen LogP contribution in [0.5, 0.6) is 5.75 Å². The molecule has 2 amide bonds. The maximum atomic E-state index is 12.9. The monoisotopic (exact) mass is 464 g/mol. The highest BCUT2D eigenvalue weighted by Gasteiger charge is 2.35. The van der Waals surface area contributed by atoms with Crippen molar-refractivity contribution in [3.8, 4) is 5.75 Å². The number of carbonyl (C=O) groups excluding carboxylic acids is 3. The van der Waals surface area contributed by atoms with Crippen LogP contribution >= 0.6 is 0 Å². The summed E-state index contributed by atoms with van der Waals surface area (Å²) in [6, 6.07) is 9.60. The third-order valence-electron chi connectivity index (χ3n) is 5.35. The quantitative estimate of drug-likeness (QED) is 0.637. The molecule has 1 aliphatic heterocycles. The molecule has 0 aliphatic carbocycles. The molecule has 10 heteroatoms. The van der Waals surface area contributed by atoms with Crippen molar-refractivity contribution >= 4 is 17.8 Å². The van der Waals surface area contributed by atoms with Gasteiger partial charge < -0.3 is 19.7 Å². The Balaban J connectivity index is 1.60. The number of hydrogen-bond donors (Lipinski definition) is 1. The SMILES string of the molecule is COC(=O)c1cc(CNC(=O)C2CC(=O)N(Cc3cccc(C(F)(F)F)c3)C2)ccc1OC. The molecule has 1 saturated heterocycles. The number of esters is 1. The molecule has 176 valence electrons. The van der Waals surface area contributed by atoms with Crippen LogP contribution in [0, 0.1) is 5.92 Å². The first-order chi connectivity index (χ1) is 15.6. The lowest BCUT2D eigenvalue weighted by Crippen LogP contribution is -2.32. The highest BCUT2D eigenvalue weighted by atomic mass is 19.4. The van der Waals surface area contributed by atoms with Crippen LogP contribution in [0.3, 0.4) is 0 Å². The molecular weight excluding hydrogens is 441 g/mol. The van der Waals surface area contributed by atoms with Crippen LogP contribution in [0.1, 0.15) is 33.5 Å². The number of nitrogens with one attached hydrogen (secondary N) is 1. The molecule has 0 bridgehead atoms. The van der Waals surface area contributed by atoms with Crippen LogP contribution in [-0.2, 0) is 33.6 Å². The lowest BCUT2D eigenvalue weighted by atomic mass is 10.1. The van der Waals surface area contributed by atoms with Gasteiger partial charge in [0.1, 0.15) is 11.3 Å². The van der Waals surface area contributed by atoms with E-state index >= 15 is 0 Å². The van der Waals surface area contributed by atoms with Crippen molar-refractivity contribution in [2.75, 3.05) is 20.8 Å². The number of nitrogens with zero attached hydrogens (tertiary/aromatic N) is 1. The van der Waals surface area contributed by atoms with Crippen LogP contribution in [0.4, 0.5) is 13.2 Å². The Morgan fingerprint density at radius 1 is 1.12 bits per heavy atom. The molecular formula is C23H23F3N2O5. The Labute approximate surface area is 188 Å². The molecule has 33 heavy (non-hydrogen) atoms. The highest BCUT2D eigenvalue weighted by molar-refractivity contribution is 5.93. The van der Waals surface area contributed by atoms with Crippen LogP contribution in [0.15, 0.2) is 42.5 Å². The Kier molecular flexibility index (Phi) is 7.25. The predicted molar refractivity (Wildman–Crippen MR) is 111 cm³/mol. The standard InChI is InChI=1S/C23H23F3N2O5/c1-32-19-7-6-14(9-18(19)22(31)33-2)11-27-21(30)16-10-20(29)28(13-16)12-15-4-3-5-17(8-15)23(24,25)26/h3-9,16H,10-13H2,1-2H3,(H,27,30). The molecule has 1 N–H and O–H groups in total. The zero-order chi connectivity index (χ0) is 24.2. The van der Waals surface area contributed by atoms with E-state index < -0.39 is 23.6 Å². The van der Waals surface area contributed by atoms with E-state index in [-0.39, 0.29) is 43.4 Å². The maximum Gasteiger partial charge on any atom is 0.416 e. The zero-order valence-electron chi connectivity index (χ0n) is 18.1. The fraction of sp³-hybridized carbons (Fsp3) is 0.348. The normalized spacial score (nSPS) is 16.0. The number of ether oxygens (including phenoxy) is 2. The lowest BCUT2D eigenvalue weighted by Gasteiger charge is -2.18. The van der Waals surface area contributed by atoms with Gasteiger partial charge in [-0.1, -0.05) is 18.2 Å². The van der Waals surface area contributed by atoms with Gasteiger partial charge in [-0.2, -0.15) is 13.2 Å². The van der Waals surface area contributed by atoms with E-state index in [0.717, 1.165) is 12.1 Å². The molecule has 1 unspecified atom stereocenters. The third-order valence-corrected chi connectivity index (χ3v) is 5.35. The smallest absolute Gasteiger partial charge is 0.416 e. The molecule has 0 radical (unpaired) electrons. The second-order valence-corrected chi connectivity index (χ2v) is 7.62. The van der Waals surface area contributed by atoms with Crippen LogP contribution < -0.4 is 10.1 Å². The Hall–Kier alpha value is -3.56. The van der Waals surface area contributed by atoms with Gasteiger partial charge in [0, 0.05) is 26.1 Å². The van der Waals surface area contributed by atoms with Crippen LogP contribution in [0.25, 0.3) is 0 Å². The van der Waals surface area contributed by atoms with Gasteiger partial charge in [0.25, 0.3) is 0 Å². The average molecular weight is 464 g/mol. The Morgan fingerprint density at radius 3 is 2.55 bits per heavy atom. The van der Waals surface area contributed by atoms with Gasteiger partial charge in [-0.3, -0.25) is 9.59 Å². The van der Waals surface area contributed by atoms with Crippen LogP contribution in [0.2, 0.25) is 0 Å². The zero-order valence-corrected chi connectivity index (χ0v) is 18.1. The molecule has 0 aromatic heterocycles. The number of halogens is 3. The maximum absolute atomic E-state index is 12.9. The minimum atomic E-state index is -4.47. The van der Waals surface area contributed by atoms with Gasteiger partial charge in [0.2, 0.25) is 11.8 Å². The first kappa shape index (κ1) is 24.1. The third kappa shape index (κ3) is 5.82. The molecule has 7 nitrogen and oxygen atoms in total. The van der Waals surface area contributed by atoms with Gasteiger partial charge in [-0.15, -0.1) is 0 Å². The van der Waals surface area contributed by atoms with Gasteiger partial charge in [0.05, 0.1) is 25.7 Å². The van der Waals surface area contributed by atoms with Crippen molar-refractivity contribution in [3.63, 3.8) is 0 Å². The fourth-order valence-corrected chi connectivity index (χ4v) is 3.64. The number of rotatable bonds is 7. The molecule has 2 aromatic carbocycles. The number of benzene rings is 2. The fourth-order valence-electron chi connectivity index (χ4n) is 3.64. The molecule has 0 spiro atoms. The van der Waals surface area contributed by atoms with E-state index in [9.17, 15) is 27.6 Å². The average Bonchev–Trinajstić information content (AvgIpc) is 3.16. The van der Waals surface area contributed by atoms with Crippen molar-refractivity contribution < 1.29 is 37.0 Å². The van der Waals surface area contributed by atoms with E-state index in [2.05, 4.69) is 5.32 Å². The molecule has 1 aliphatic rings. The minimum Gasteiger partial charge on any atom is -0.496 e. The van der Waals surface area contributed by atoms with Crippen molar-refractivity contribution in [1.29, 1.82) is 0 Å². The van der Waals surface area contributed by atoms with Crippen molar-refractivity contribution in [3.05, 3.63) is 64.7 Å². The lowest BCUT2D eigenvalue weighted by molar-refractivity contribution is -0.137. The first-order valence-corrected chi connectivity index (χ1v) is 10.1. The minimum absolute atomic E-state index is 0.00645. The number of amides is 2. The Bertz CT molecular complexity index is 1050. The highest BCUT2D eigenvalue weighted by Crippen LogP contribution is 2.30. The largest absolute Gasteiger partial charge is 0.496 e. The predicted octanol–water partition coefficient (Wildman–Crippen LogP) is 3.17. The first-order valence-electron chi connectivity index (χ1n) is 10.1. The second kappa shape index (κ2) is 9.93. The number of methoxy groups -OCH3 is 2. The summed E-state index contributed by atoms with van der Waals surface area (Å²) < 4.78 is 48.6. The van der Waals surface area contributed by atoms with Gasteiger partial charge in [-0.25, -0.2) is 4.79 Å². The van der Waals surface area contributed by atoms with Crippen LogP contribution in [-0.4, -0.2) is 43.4 Å². The van der Waals surface area contributed by atoms with Crippen molar-refractivity contribution in [2.24, 2.45) is 5.92 Å². The van der Waals surface area contributed by atoms with Gasteiger partial charge in [0.15, 0.2) is 0 Å². The Morgan fingerprint density at radius 2 is 1.88 bits per heavy atom. The summed E-state index contributed by atoms with van der Waals surface area (Å²) in [5, 5.41) is 2.74. The van der Waals surface area contributed by atoms with E-state index in [0.29, 0.717) is 16.9 Å². The number of carbonyl (C=O) groups is 3. The molecule has 1 heterocycles. The summed E-state index contributed by atoms with van der Waals surface area (Å²) in [6.07, 6.45) is -4.50. The summed E-state index contributed by atoms with van der Waals surface area (Å²) >= 11 is 0. The van der Waals surface area contributed by atoms with Crippen molar-refractivity contribution in [2.45, 2.75) is 25.7 Å². The molecule has 3 rings (SSSR count). The molecule has 1 atom stereocenters. The summed E-state index contributed by atoms with van der Waals surface area (Å²) in [5.74, 6) is -1.52. The van der Waals surface area contributed by atoms with E-state index in [4.69, 9.17) is 9.47 Å². The molecule has 2 aromatic rings. The number of alkyl halides is 3.